The Morgan fingerprint density at radius 2 is 0.941 bits per heavy atom. The number of nitrogens with zero attached hydrogens (tertiary/aromatic N) is 4. The van der Waals surface area contributed by atoms with E-state index in [4.69, 9.17) is 0 Å². The van der Waals surface area contributed by atoms with Crippen LogP contribution in [-0.2, 0) is 32.1 Å². The van der Waals surface area contributed by atoms with Gasteiger partial charge >= 0.3 is 21.1 Å². The summed E-state index contributed by atoms with van der Waals surface area (Å²) in [5, 5.41) is 22.9. The Labute approximate surface area is 315 Å². The van der Waals surface area contributed by atoms with E-state index >= 15 is 0 Å². The number of allylic oxidation sites excluding steroid dienone is 4. The van der Waals surface area contributed by atoms with Crippen LogP contribution >= 0.6 is 0 Å². The maximum Gasteiger partial charge on any atom is 2.00 e. The van der Waals surface area contributed by atoms with Crippen LogP contribution in [0.3, 0.4) is 0 Å². The van der Waals surface area contributed by atoms with Crippen molar-refractivity contribution < 1.29 is 31.3 Å². The second kappa shape index (κ2) is 14.8. The minimum absolute atomic E-state index is 0. The molecule has 7 heteroatoms. The van der Waals surface area contributed by atoms with Gasteiger partial charge in [0.25, 0.3) is 0 Å². The van der Waals surface area contributed by atoms with Gasteiger partial charge in [-0.15, -0.1) is 0 Å². The molecule has 1 aliphatic carbocycles. The number of aliphatic hydroxyl groups excluding tert-OH is 2. The van der Waals surface area contributed by atoms with Crippen LogP contribution in [0.25, 0.3) is 0 Å². The first-order chi connectivity index (χ1) is 24.7. The molecule has 0 saturated carbocycles. The summed E-state index contributed by atoms with van der Waals surface area (Å²) in [5.41, 5.74) is 6.55. The fourth-order valence-electron chi connectivity index (χ4n) is 7.82. The number of anilines is 2. The van der Waals surface area contributed by atoms with Crippen LogP contribution < -0.4 is 9.80 Å². The van der Waals surface area contributed by atoms with Gasteiger partial charge in [-0.25, -0.2) is 0 Å². The van der Waals surface area contributed by atoms with Gasteiger partial charge < -0.3 is 29.8 Å². The fraction of sp³-hybridized carbons (Fsp3) is 0.136. The van der Waals surface area contributed by atoms with Crippen LogP contribution in [-0.4, -0.2) is 39.9 Å². The molecule has 0 unspecified atom stereocenters. The first-order valence-corrected chi connectivity index (χ1v) is 17.1. The third-order valence-corrected chi connectivity index (χ3v) is 10.3. The fourth-order valence-corrected chi connectivity index (χ4v) is 7.82. The SMILES string of the molecule is OCC(c1ccccc1)(c1ccccc1)N1[CH-]N(CN2[CH-]N(C(CO)(c3ccccc3)c3ccccc3)c3ccccc32)C2=C1CC=CC=C2.[Pt+2]. The Morgan fingerprint density at radius 1 is 0.510 bits per heavy atom. The van der Waals surface area contributed by atoms with Crippen molar-refractivity contribution in [3.8, 4) is 0 Å². The van der Waals surface area contributed by atoms with Crippen molar-refractivity contribution in [2.45, 2.75) is 17.5 Å². The summed E-state index contributed by atoms with van der Waals surface area (Å²) in [6.45, 7) is 4.57. The van der Waals surface area contributed by atoms with Crippen molar-refractivity contribution in [1.29, 1.82) is 0 Å². The van der Waals surface area contributed by atoms with Crippen molar-refractivity contribution in [1.82, 2.24) is 9.80 Å². The van der Waals surface area contributed by atoms with E-state index in [1.165, 1.54) is 0 Å². The smallest absolute Gasteiger partial charge is 0.491 e. The van der Waals surface area contributed by atoms with E-state index in [9.17, 15) is 10.2 Å². The van der Waals surface area contributed by atoms with Crippen LogP contribution in [0.2, 0.25) is 0 Å². The zero-order chi connectivity index (χ0) is 34.0. The van der Waals surface area contributed by atoms with Gasteiger partial charge in [0.2, 0.25) is 0 Å². The molecule has 0 fully saturated rings. The maximum atomic E-state index is 11.5. The number of aliphatic hydroxyl groups is 2. The molecule has 0 spiro atoms. The van der Waals surface area contributed by atoms with Gasteiger partial charge in [-0.2, -0.15) is 13.3 Å². The topological polar surface area (TPSA) is 53.4 Å². The summed E-state index contributed by atoms with van der Waals surface area (Å²) in [7, 11) is 0. The van der Waals surface area contributed by atoms with Crippen LogP contribution in [0.1, 0.15) is 28.7 Å². The van der Waals surface area contributed by atoms with Gasteiger partial charge in [-0.1, -0.05) is 152 Å². The van der Waals surface area contributed by atoms with Gasteiger partial charge in [0.05, 0.1) is 24.3 Å². The van der Waals surface area contributed by atoms with Crippen molar-refractivity contribution in [2.24, 2.45) is 0 Å². The normalized spacial score (nSPS) is 15.5. The third-order valence-electron chi connectivity index (χ3n) is 10.3. The molecular formula is C44H40N4O2Pt. The van der Waals surface area contributed by atoms with E-state index < -0.39 is 11.1 Å². The Morgan fingerprint density at radius 3 is 1.43 bits per heavy atom. The molecule has 0 amide bonds. The van der Waals surface area contributed by atoms with E-state index in [1.54, 1.807) is 0 Å². The molecule has 5 aromatic carbocycles. The van der Waals surface area contributed by atoms with E-state index in [2.05, 4.69) is 130 Å². The zero-order valence-corrected chi connectivity index (χ0v) is 30.4. The third kappa shape index (κ3) is 5.82. The molecule has 5 aromatic rings. The molecule has 0 bridgehead atoms. The number of benzene rings is 5. The monoisotopic (exact) mass is 851 g/mol. The quantitative estimate of drug-likeness (QED) is 0.141. The van der Waals surface area contributed by atoms with E-state index in [1.807, 2.05) is 72.8 Å². The summed E-state index contributed by atoms with van der Waals surface area (Å²) in [6.07, 6.45) is 9.23. The molecular weight excluding hydrogens is 812 g/mol. The number of hydrogen-bond acceptors (Lipinski definition) is 6. The minimum Gasteiger partial charge on any atom is -0.491 e. The molecule has 0 saturated heterocycles. The Kier molecular flexibility index (Phi) is 10.0. The number of rotatable bonds is 10. The second-order valence-electron chi connectivity index (χ2n) is 12.9. The van der Waals surface area contributed by atoms with Gasteiger partial charge in [0, 0.05) is 35.9 Å². The summed E-state index contributed by atoms with van der Waals surface area (Å²) in [5.74, 6) is 0. The Hall–Kier alpha value is -4.87. The molecule has 0 atom stereocenters. The summed E-state index contributed by atoms with van der Waals surface area (Å²) < 4.78 is 0. The molecule has 258 valence electrons. The summed E-state index contributed by atoms with van der Waals surface area (Å²) in [4.78, 5) is 9.04. The van der Waals surface area contributed by atoms with Crippen LogP contribution in [0.15, 0.2) is 181 Å². The second-order valence-corrected chi connectivity index (χ2v) is 12.9. The van der Waals surface area contributed by atoms with Crippen molar-refractivity contribution in [3.05, 3.63) is 217 Å². The van der Waals surface area contributed by atoms with E-state index in [-0.39, 0.29) is 34.3 Å². The molecule has 2 aliphatic heterocycles. The average molecular weight is 852 g/mol. The van der Waals surface area contributed by atoms with Crippen molar-refractivity contribution >= 4 is 11.4 Å². The Bertz CT molecular complexity index is 1940. The number of para-hydroxylation sites is 2. The standard InChI is InChI=1S/C44H40N4O2.Pt/c49-30-43(35-18-6-1-7-19-35,36-20-8-2-9-21-36)47-33-45(39-26-14-5-15-28-41(39)47)32-46-34-48(42-29-17-16-27-40(42)46)44(31-50,37-22-10-3-11-23-37)38-24-12-4-13-25-38;/h1-27,29,33-34,49-50H,28,30-32H2;/q-2;+2. The van der Waals surface area contributed by atoms with Gasteiger partial charge in [0.1, 0.15) is 0 Å². The van der Waals surface area contributed by atoms with Gasteiger partial charge in [-0.05, 0) is 40.5 Å². The Balaban J connectivity index is 0.00000406. The number of hydrogen-bond donors (Lipinski definition) is 2. The average Bonchev–Trinajstić information content (AvgIpc) is 3.61. The van der Waals surface area contributed by atoms with Crippen LogP contribution in [0, 0.1) is 13.3 Å². The van der Waals surface area contributed by atoms with E-state index in [0.717, 1.165) is 45.0 Å². The zero-order valence-electron chi connectivity index (χ0n) is 28.1. The van der Waals surface area contributed by atoms with Crippen molar-refractivity contribution in [3.63, 3.8) is 0 Å². The van der Waals surface area contributed by atoms with Gasteiger partial charge in [-0.3, -0.25) is 0 Å². The predicted octanol–water partition coefficient (Wildman–Crippen LogP) is 7.72. The first kappa shape index (κ1) is 34.6. The first-order valence-electron chi connectivity index (χ1n) is 17.1. The van der Waals surface area contributed by atoms with Crippen molar-refractivity contribution in [2.75, 3.05) is 29.7 Å². The molecule has 8 rings (SSSR count). The molecule has 2 heterocycles. The number of fused-ring (bicyclic) bond motifs is 1. The molecule has 0 radical (unpaired) electrons. The maximum absolute atomic E-state index is 11.5. The molecule has 6 nitrogen and oxygen atoms in total. The van der Waals surface area contributed by atoms with Crippen LogP contribution in [0.4, 0.5) is 11.4 Å². The van der Waals surface area contributed by atoms with Gasteiger partial charge in [0.15, 0.2) is 0 Å². The molecule has 2 N–H and O–H groups in total. The molecule has 3 aliphatic rings. The van der Waals surface area contributed by atoms with Crippen LogP contribution in [0.5, 0.6) is 0 Å². The molecule has 0 aromatic heterocycles. The summed E-state index contributed by atoms with van der Waals surface area (Å²) in [6, 6.07) is 49.5. The predicted molar refractivity (Wildman–Crippen MR) is 200 cm³/mol. The van der Waals surface area contributed by atoms with E-state index in [0.29, 0.717) is 13.1 Å². The molecule has 51 heavy (non-hydrogen) atoms. The largest absolute Gasteiger partial charge is 2.00 e. The summed E-state index contributed by atoms with van der Waals surface area (Å²) >= 11 is 0. The minimum atomic E-state index is -0.864.